The highest BCUT2D eigenvalue weighted by atomic mass is 32.1. The number of methoxy groups -OCH3 is 1. The first-order valence-electron chi connectivity index (χ1n) is 11.2. The molecule has 184 valence electrons. The fourth-order valence-electron chi connectivity index (χ4n) is 3.59. The third-order valence-corrected chi connectivity index (χ3v) is 5.50. The number of carbonyl (C=O) groups excluding carboxylic acids is 2. The average molecular weight is 504 g/mol. The number of benzene rings is 3. The molecule has 0 aliphatic carbocycles. The number of hydrogen-bond acceptors (Lipinski definition) is 6. The molecule has 8 nitrogen and oxygen atoms in total. The van der Waals surface area contributed by atoms with E-state index in [1.165, 1.54) is 12.0 Å². The van der Waals surface area contributed by atoms with E-state index in [9.17, 15) is 9.59 Å². The first-order valence-corrected chi connectivity index (χ1v) is 11.7. The third-order valence-electron chi connectivity index (χ3n) is 5.21. The molecule has 1 fully saturated rings. The number of nitrogens with zero attached hydrogens (tertiary/aromatic N) is 1. The summed E-state index contributed by atoms with van der Waals surface area (Å²) >= 11 is 5.37. The molecule has 0 atom stereocenters. The number of anilines is 2. The van der Waals surface area contributed by atoms with Gasteiger partial charge in [0.2, 0.25) is 0 Å². The van der Waals surface area contributed by atoms with Gasteiger partial charge in [0.05, 0.1) is 25.1 Å². The zero-order chi connectivity index (χ0) is 25.5. The molecule has 3 aromatic carbocycles. The van der Waals surface area contributed by atoms with Crippen molar-refractivity contribution in [1.29, 1.82) is 0 Å². The predicted molar refractivity (Wildman–Crippen MR) is 142 cm³/mol. The molecule has 2 amide bonds. The lowest BCUT2D eigenvalue weighted by Gasteiger charge is -2.14. The lowest BCUT2D eigenvalue weighted by atomic mass is 10.1. The second-order valence-corrected chi connectivity index (χ2v) is 8.03. The monoisotopic (exact) mass is 503 g/mol. The minimum absolute atomic E-state index is 0.223. The minimum atomic E-state index is -0.344. The third kappa shape index (κ3) is 5.64. The van der Waals surface area contributed by atoms with E-state index in [1.807, 2.05) is 43.3 Å². The minimum Gasteiger partial charge on any atom is -0.495 e. The van der Waals surface area contributed by atoms with Gasteiger partial charge in [-0.1, -0.05) is 36.4 Å². The number of carbonyl (C=O) groups is 2. The maximum absolute atomic E-state index is 13.0. The van der Waals surface area contributed by atoms with Crippen LogP contribution in [0.3, 0.4) is 0 Å². The molecule has 0 aromatic heterocycles. The number of nitrogens with one attached hydrogen (secondary N) is 2. The first kappa shape index (κ1) is 24.7. The molecule has 1 aliphatic rings. The van der Waals surface area contributed by atoms with Gasteiger partial charge in [-0.25, -0.2) is 0 Å². The molecule has 9 heteroatoms. The lowest BCUT2D eigenvalue weighted by Crippen LogP contribution is -2.30. The van der Waals surface area contributed by atoms with Crippen LogP contribution < -0.4 is 29.7 Å². The van der Waals surface area contributed by atoms with Gasteiger partial charge in [0.15, 0.2) is 23.2 Å². The van der Waals surface area contributed by atoms with Crippen molar-refractivity contribution in [1.82, 2.24) is 5.32 Å². The van der Waals surface area contributed by atoms with E-state index in [2.05, 4.69) is 10.6 Å². The van der Waals surface area contributed by atoms with Gasteiger partial charge >= 0.3 is 0 Å². The average Bonchev–Trinajstić information content (AvgIpc) is 3.16. The maximum atomic E-state index is 13.0. The number of rotatable bonds is 9. The summed E-state index contributed by atoms with van der Waals surface area (Å²) < 4.78 is 16.7. The summed E-state index contributed by atoms with van der Waals surface area (Å²) in [6.07, 6.45) is 1.69. The number of amides is 2. The summed E-state index contributed by atoms with van der Waals surface area (Å²) in [6, 6.07) is 21.5. The molecular formula is C27H25N3O5S. The van der Waals surface area contributed by atoms with Gasteiger partial charge in [-0.3, -0.25) is 14.5 Å². The Morgan fingerprint density at radius 2 is 1.75 bits per heavy atom. The summed E-state index contributed by atoms with van der Waals surface area (Å²) in [5, 5.41) is 6.05. The van der Waals surface area contributed by atoms with Crippen molar-refractivity contribution in [2.75, 3.05) is 30.5 Å². The van der Waals surface area contributed by atoms with E-state index in [-0.39, 0.29) is 18.4 Å². The summed E-state index contributed by atoms with van der Waals surface area (Å²) in [7, 11) is 1.54. The van der Waals surface area contributed by atoms with E-state index in [1.54, 1.807) is 42.5 Å². The molecule has 4 rings (SSSR count). The van der Waals surface area contributed by atoms with Crippen LogP contribution in [0.15, 0.2) is 78.5 Å². The highest BCUT2D eigenvalue weighted by Crippen LogP contribution is 2.30. The number of thiocarbonyl (C=S) groups is 1. The predicted octanol–water partition coefficient (Wildman–Crippen LogP) is 4.37. The van der Waals surface area contributed by atoms with Crippen LogP contribution in [0.1, 0.15) is 12.5 Å². The molecule has 1 heterocycles. The molecule has 1 aliphatic heterocycles. The second-order valence-electron chi connectivity index (χ2n) is 7.64. The van der Waals surface area contributed by atoms with Crippen LogP contribution >= 0.6 is 12.2 Å². The summed E-state index contributed by atoms with van der Waals surface area (Å²) in [5.41, 5.74) is 2.29. The molecule has 0 bridgehead atoms. The normalized spacial score (nSPS) is 13.9. The molecule has 0 unspecified atom stereocenters. The number of hydrogen-bond donors (Lipinski definition) is 2. The van der Waals surface area contributed by atoms with Crippen LogP contribution in [0.5, 0.6) is 17.2 Å². The zero-order valence-electron chi connectivity index (χ0n) is 19.8. The molecule has 0 radical (unpaired) electrons. The first-order chi connectivity index (χ1) is 17.5. The van der Waals surface area contributed by atoms with Crippen LogP contribution in [0.25, 0.3) is 6.08 Å². The number of ether oxygens (including phenoxy) is 3. The molecule has 3 aromatic rings. The highest BCUT2D eigenvalue weighted by molar-refractivity contribution is 7.80. The largest absolute Gasteiger partial charge is 0.495 e. The molecular weight excluding hydrogens is 478 g/mol. The topological polar surface area (TPSA) is 89.1 Å². The fraction of sp³-hybridized carbons (Fsp3) is 0.148. The van der Waals surface area contributed by atoms with Gasteiger partial charge in [-0.15, -0.1) is 0 Å². The molecule has 0 saturated carbocycles. The van der Waals surface area contributed by atoms with Gasteiger partial charge < -0.3 is 24.8 Å². The molecule has 2 N–H and O–H groups in total. The van der Waals surface area contributed by atoms with Crippen molar-refractivity contribution in [2.45, 2.75) is 6.92 Å². The highest BCUT2D eigenvalue weighted by Gasteiger charge is 2.31. The Kier molecular flexibility index (Phi) is 7.82. The Morgan fingerprint density at radius 3 is 2.50 bits per heavy atom. The van der Waals surface area contributed by atoms with E-state index in [4.69, 9.17) is 26.4 Å². The van der Waals surface area contributed by atoms with Gasteiger partial charge in [0.1, 0.15) is 11.4 Å². The summed E-state index contributed by atoms with van der Waals surface area (Å²) in [5.74, 6) is 0.811. The van der Waals surface area contributed by atoms with Gasteiger partial charge in [0, 0.05) is 0 Å². The summed E-state index contributed by atoms with van der Waals surface area (Å²) in [6.45, 7) is 2.02. The maximum Gasteiger partial charge on any atom is 0.281 e. The van der Waals surface area contributed by atoms with Crippen molar-refractivity contribution < 1.29 is 23.8 Å². The standard InChI is InChI=1S/C27H25N3O5S/c1-3-34-24-16-18(15-21-26(32)30(27(36)29-21)19-9-5-4-6-10-19)13-14-23(24)35-17-25(31)28-20-11-7-8-12-22(20)33-2/h4-16H,3,17H2,1-2H3,(H,28,31)(H,29,36)/b21-15+. The van der Waals surface area contributed by atoms with Crippen molar-refractivity contribution in [3.63, 3.8) is 0 Å². The Bertz CT molecular complexity index is 1310. The quantitative estimate of drug-likeness (QED) is 0.331. The van der Waals surface area contributed by atoms with Crippen LogP contribution in [-0.4, -0.2) is 37.3 Å². The van der Waals surface area contributed by atoms with Crippen molar-refractivity contribution in [2.24, 2.45) is 0 Å². The van der Waals surface area contributed by atoms with Crippen LogP contribution in [0.4, 0.5) is 11.4 Å². The molecule has 0 spiro atoms. The SMILES string of the molecule is CCOc1cc(/C=C2/NC(=S)N(c3ccccc3)C2=O)ccc1OCC(=O)Nc1ccccc1OC. The van der Waals surface area contributed by atoms with Crippen LogP contribution in [0.2, 0.25) is 0 Å². The van der Waals surface area contributed by atoms with Crippen LogP contribution in [-0.2, 0) is 9.59 Å². The lowest BCUT2D eigenvalue weighted by molar-refractivity contribution is -0.118. The smallest absolute Gasteiger partial charge is 0.281 e. The summed E-state index contributed by atoms with van der Waals surface area (Å²) in [4.78, 5) is 26.8. The van der Waals surface area contributed by atoms with E-state index >= 15 is 0 Å². The van der Waals surface area contributed by atoms with Gasteiger partial charge in [0.25, 0.3) is 11.8 Å². The van der Waals surface area contributed by atoms with Crippen molar-refractivity contribution in [3.05, 3.63) is 84.1 Å². The van der Waals surface area contributed by atoms with E-state index in [0.717, 1.165) is 0 Å². The fourth-order valence-corrected chi connectivity index (χ4v) is 3.89. The van der Waals surface area contributed by atoms with Gasteiger partial charge in [-0.05, 0) is 67.2 Å². The van der Waals surface area contributed by atoms with E-state index < -0.39 is 0 Å². The van der Waals surface area contributed by atoms with Crippen molar-refractivity contribution in [3.8, 4) is 17.2 Å². The Morgan fingerprint density at radius 1 is 1.00 bits per heavy atom. The Hall–Kier alpha value is -4.37. The number of para-hydroxylation sites is 3. The molecule has 1 saturated heterocycles. The zero-order valence-corrected chi connectivity index (χ0v) is 20.6. The Labute approximate surface area is 214 Å². The van der Waals surface area contributed by atoms with E-state index in [0.29, 0.717) is 51.6 Å². The van der Waals surface area contributed by atoms with Gasteiger partial charge in [-0.2, -0.15) is 0 Å². The van der Waals surface area contributed by atoms with Crippen molar-refractivity contribution >= 4 is 46.6 Å². The Balaban J connectivity index is 1.47. The van der Waals surface area contributed by atoms with Crippen LogP contribution in [0, 0.1) is 0 Å². The second kappa shape index (κ2) is 11.4. The molecule has 36 heavy (non-hydrogen) atoms.